The second-order valence-corrected chi connectivity index (χ2v) is 3.26. The van der Waals surface area contributed by atoms with E-state index >= 15 is 0 Å². The van der Waals surface area contributed by atoms with E-state index in [0.717, 1.165) is 16.7 Å². The van der Waals surface area contributed by atoms with E-state index in [-0.39, 0.29) is 5.69 Å². The van der Waals surface area contributed by atoms with Crippen LogP contribution in [0.3, 0.4) is 0 Å². The Morgan fingerprint density at radius 1 is 1.31 bits per heavy atom. The van der Waals surface area contributed by atoms with Crippen molar-refractivity contribution in [2.75, 3.05) is 0 Å². The van der Waals surface area contributed by atoms with Gasteiger partial charge in [0, 0.05) is 20.3 Å². The van der Waals surface area contributed by atoms with E-state index in [0.29, 0.717) is 0 Å². The molecule has 0 spiro atoms. The summed E-state index contributed by atoms with van der Waals surface area (Å²) in [7, 11) is 3.48. The van der Waals surface area contributed by atoms with Gasteiger partial charge in [-0.05, 0) is 18.6 Å². The fraction of sp³-hybridized carbons (Fsp3) is 0.333. The molecule has 0 fully saturated rings. The van der Waals surface area contributed by atoms with E-state index in [1.165, 1.54) is 0 Å². The molecule has 2 heterocycles. The van der Waals surface area contributed by atoms with Crippen molar-refractivity contribution in [1.29, 1.82) is 0 Å². The second kappa shape index (κ2) is 2.45. The van der Waals surface area contributed by atoms with Gasteiger partial charge in [-0.3, -0.25) is 9.13 Å². The third-order valence-corrected chi connectivity index (χ3v) is 2.24. The first-order chi connectivity index (χ1) is 6.11. The number of rotatable bonds is 0. The van der Waals surface area contributed by atoms with Gasteiger partial charge in [0.2, 0.25) is 0 Å². The molecule has 4 nitrogen and oxygen atoms in total. The standard InChI is InChI=1S/C9H11N3O/c1-6-4-7-8(10-5-6)12(3)9(13)11(7)2/h4-5H,1-3H3. The Bertz CT molecular complexity index is 521. The van der Waals surface area contributed by atoms with Crippen LogP contribution in [0.5, 0.6) is 0 Å². The van der Waals surface area contributed by atoms with Gasteiger partial charge in [0.05, 0.1) is 5.52 Å². The van der Waals surface area contributed by atoms with Crippen LogP contribution in [0.1, 0.15) is 5.56 Å². The predicted octanol–water partition coefficient (Wildman–Crippen LogP) is 0.580. The molecular weight excluding hydrogens is 166 g/mol. The lowest BCUT2D eigenvalue weighted by atomic mass is 10.3. The first-order valence-electron chi connectivity index (χ1n) is 4.09. The van der Waals surface area contributed by atoms with Crippen molar-refractivity contribution in [2.45, 2.75) is 6.92 Å². The average Bonchev–Trinajstić information content (AvgIpc) is 2.32. The smallest absolute Gasteiger partial charge is 0.293 e. The Morgan fingerprint density at radius 2 is 2.00 bits per heavy atom. The number of nitrogens with zero attached hydrogens (tertiary/aromatic N) is 3. The van der Waals surface area contributed by atoms with Gasteiger partial charge in [-0.25, -0.2) is 9.78 Å². The molecular formula is C9H11N3O. The molecule has 0 aliphatic carbocycles. The van der Waals surface area contributed by atoms with E-state index in [1.54, 1.807) is 29.4 Å². The van der Waals surface area contributed by atoms with Crippen LogP contribution in [0.15, 0.2) is 17.1 Å². The molecule has 2 rings (SSSR count). The highest BCUT2D eigenvalue weighted by Gasteiger charge is 2.07. The normalized spacial score (nSPS) is 11.0. The van der Waals surface area contributed by atoms with Crippen molar-refractivity contribution >= 4 is 11.2 Å². The van der Waals surface area contributed by atoms with Crippen LogP contribution < -0.4 is 5.69 Å². The zero-order valence-corrected chi connectivity index (χ0v) is 7.90. The number of hydrogen-bond acceptors (Lipinski definition) is 2. The van der Waals surface area contributed by atoms with Crippen LogP contribution in [-0.2, 0) is 14.1 Å². The van der Waals surface area contributed by atoms with Gasteiger partial charge in [-0.2, -0.15) is 0 Å². The fourth-order valence-electron chi connectivity index (χ4n) is 1.47. The van der Waals surface area contributed by atoms with E-state index in [2.05, 4.69) is 4.98 Å². The Morgan fingerprint density at radius 3 is 2.69 bits per heavy atom. The monoisotopic (exact) mass is 177 g/mol. The van der Waals surface area contributed by atoms with Crippen molar-refractivity contribution in [3.8, 4) is 0 Å². The number of aromatic nitrogens is 3. The average molecular weight is 177 g/mol. The summed E-state index contributed by atoms with van der Waals surface area (Å²) in [5.74, 6) is 0. The largest absolute Gasteiger partial charge is 0.329 e. The molecule has 0 aliphatic rings. The topological polar surface area (TPSA) is 39.8 Å². The second-order valence-electron chi connectivity index (χ2n) is 3.26. The minimum Gasteiger partial charge on any atom is -0.293 e. The molecule has 2 aromatic rings. The summed E-state index contributed by atoms with van der Waals surface area (Å²) in [6, 6.07) is 1.96. The van der Waals surface area contributed by atoms with E-state index in [9.17, 15) is 4.79 Å². The molecule has 68 valence electrons. The van der Waals surface area contributed by atoms with Crippen LogP contribution in [0.25, 0.3) is 11.2 Å². The van der Waals surface area contributed by atoms with E-state index in [1.807, 2.05) is 13.0 Å². The SMILES string of the molecule is Cc1cnc2c(c1)n(C)c(=O)n2C. The van der Waals surface area contributed by atoms with Gasteiger partial charge in [0.25, 0.3) is 0 Å². The van der Waals surface area contributed by atoms with Crippen LogP contribution in [0, 0.1) is 6.92 Å². The maximum atomic E-state index is 11.5. The molecule has 0 aromatic carbocycles. The molecule has 0 saturated carbocycles. The zero-order chi connectivity index (χ0) is 9.59. The number of aryl methyl sites for hydroxylation is 3. The lowest BCUT2D eigenvalue weighted by Gasteiger charge is -1.94. The summed E-state index contributed by atoms with van der Waals surface area (Å²) in [5, 5.41) is 0. The number of fused-ring (bicyclic) bond motifs is 1. The molecule has 2 aromatic heterocycles. The third-order valence-electron chi connectivity index (χ3n) is 2.24. The van der Waals surface area contributed by atoms with Gasteiger partial charge in [0.1, 0.15) is 0 Å². The lowest BCUT2D eigenvalue weighted by Crippen LogP contribution is -2.19. The Balaban J connectivity index is 3.04. The Hall–Kier alpha value is -1.58. The van der Waals surface area contributed by atoms with Crippen LogP contribution >= 0.6 is 0 Å². The first kappa shape index (κ1) is 8.04. The molecule has 13 heavy (non-hydrogen) atoms. The maximum Gasteiger partial charge on any atom is 0.329 e. The zero-order valence-electron chi connectivity index (χ0n) is 7.90. The number of imidazole rings is 1. The van der Waals surface area contributed by atoms with E-state index in [4.69, 9.17) is 0 Å². The molecule has 0 bridgehead atoms. The van der Waals surface area contributed by atoms with Crippen LogP contribution in [-0.4, -0.2) is 14.1 Å². The molecule has 0 radical (unpaired) electrons. The minimum atomic E-state index is -0.0342. The molecule has 0 N–H and O–H groups in total. The highest BCUT2D eigenvalue weighted by atomic mass is 16.1. The highest BCUT2D eigenvalue weighted by Crippen LogP contribution is 2.09. The van der Waals surface area contributed by atoms with Crippen molar-refractivity contribution in [2.24, 2.45) is 14.1 Å². The maximum absolute atomic E-state index is 11.5. The van der Waals surface area contributed by atoms with Gasteiger partial charge in [-0.1, -0.05) is 0 Å². The third kappa shape index (κ3) is 0.983. The van der Waals surface area contributed by atoms with Gasteiger partial charge in [-0.15, -0.1) is 0 Å². The van der Waals surface area contributed by atoms with Gasteiger partial charge >= 0.3 is 5.69 Å². The molecule has 0 atom stereocenters. The summed E-state index contributed by atoms with van der Waals surface area (Å²) in [4.78, 5) is 15.7. The summed E-state index contributed by atoms with van der Waals surface area (Å²) in [6.07, 6.45) is 1.77. The first-order valence-corrected chi connectivity index (χ1v) is 4.09. The lowest BCUT2D eigenvalue weighted by molar-refractivity contribution is 0.791. The molecule has 4 heteroatoms. The fourth-order valence-corrected chi connectivity index (χ4v) is 1.47. The summed E-state index contributed by atoms with van der Waals surface area (Å²) in [5.41, 5.74) is 2.65. The Labute approximate surface area is 75.4 Å². The Kier molecular flexibility index (Phi) is 1.52. The quantitative estimate of drug-likeness (QED) is 0.590. The number of pyridine rings is 1. The van der Waals surface area contributed by atoms with Gasteiger partial charge < -0.3 is 0 Å². The van der Waals surface area contributed by atoms with Crippen molar-refractivity contribution in [1.82, 2.24) is 14.1 Å². The molecule has 0 aliphatic heterocycles. The highest BCUT2D eigenvalue weighted by molar-refractivity contribution is 5.71. The van der Waals surface area contributed by atoms with Crippen LogP contribution in [0.4, 0.5) is 0 Å². The van der Waals surface area contributed by atoms with Gasteiger partial charge in [0.15, 0.2) is 5.65 Å². The van der Waals surface area contributed by atoms with Crippen LogP contribution in [0.2, 0.25) is 0 Å². The molecule has 0 saturated heterocycles. The minimum absolute atomic E-state index is 0.0342. The van der Waals surface area contributed by atoms with Crippen molar-refractivity contribution < 1.29 is 0 Å². The summed E-state index contributed by atoms with van der Waals surface area (Å²) in [6.45, 7) is 1.96. The predicted molar refractivity (Wildman–Crippen MR) is 50.7 cm³/mol. The summed E-state index contributed by atoms with van der Waals surface area (Å²) >= 11 is 0. The summed E-state index contributed by atoms with van der Waals surface area (Å²) < 4.78 is 3.16. The molecule has 0 amide bonds. The van der Waals surface area contributed by atoms with Crippen molar-refractivity contribution in [3.63, 3.8) is 0 Å². The van der Waals surface area contributed by atoms with E-state index < -0.39 is 0 Å². The van der Waals surface area contributed by atoms with Crippen molar-refractivity contribution in [3.05, 3.63) is 28.3 Å². The molecule has 0 unspecified atom stereocenters. The number of hydrogen-bond donors (Lipinski definition) is 0.